The summed E-state index contributed by atoms with van der Waals surface area (Å²) in [6, 6.07) is 56.8. The van der Waals surface area contributed by atoms with E-state index in [1.807, 2.05) is 66.7 Å². The van der Waals surface area contributed by atoms with Gasteiger partial charge in [-0.1, -0.05) is 125 Å². The Kier molecular flexibility index (Phi) is 17.1. The summed E-state index contributed by atoms with van der Waals surface area (Å²) in [6.07, 6.45) is 13.7. The minimum Gasteiger partial charge on any atom is -0.354 e. The van der Waals surface area contributed by atoms with Crippen LogP contribution in [0, 0.1) is 117 Å². The smallest absolute Gasteiger partial charge is 0.116 e. The monoisotopic (exact) mass is 1310 g/mol. The Balaban J connectivity index is 0.837. The fourth-order valence-corrected chi connectivity index (χ4v) is 14.3. The fraction of sp³-hybridized carbons (Fsp3) is 0.112. The summed E-state index contributed by atoms with van der Waals surface area (Å²) in [5.41, 5.74) is 36.0. The van der Waals surface area contributed by atoms with Gasteiger partial charge < -0.3 is 9.97 Å². The molecule has 2 aliphatic rings. The van der Waals surface area contributed by atoms with Crippen LogP contribution in [0.1, 0.15) is 123 Å². The van der Waals surface area contributed by atoms with Crippen molar-refractivity contribution in [2.75, 3.05) is 0 Å². The topological polar surface area (TPSA) is 96.0 Å². The molecule has 0 spiro atoms. The predicted octanol–water partition coefficient (Wildman–Crippen LogP) is 20.6. The lowest BCUT2D eigenvalue weighted by molar-refractivity contribution is 1.15. The minimum atomic E-state index is 0.760. The molecule has 0 unspecified atom stereocenters. The number of hydrogen-bond donors (Lipinski definition) is 2. The second-order valence-corrected chi connectivity index (χ2v) is 26.1. The van der Waals surface area contributed by atoms with E-state index in [0.717, 1.165) is 150 Å². The SMILES string of the molecule is Cc1cc(C)c(-c2c3nc(c(-c4c(C)cc(C)cc4C)c4ccc([nH]4)c(-c4c(C)cc(C)cc4C)c4nc(c(-c5ccc(C#Cc6cc(C)cc(Br)c6C#Cc6ccc(C#Cc7ccccc7C#Cc7ccc(-c8ccncn8)nc7)cc6)cc5)c5ccc2[nH]5)C=C4)C=C3)c(C)c1. The lowest BCUT2D eigenvalue weighted by atomic mass is 9.92. The molecule has 97 heavy (non-hydrogen) atoms. The maximum atomic E-state index is 5.69. The van der Waals surface area contributed by atoms with Gasteiger partial charge in [0.25, 0.3) is 0 Å². The average Bonchev–Trinajstić information content (AvgIpc) is 1.68. The molecule has 8 heteroatoms. The number of hydrogen-bond acceptors (Lipinski definition) is 5. The quantitative estimate of drug-likeness (QED) is 0.167. The van der Waals surface area contributed by atoms with Crippen molar-refractivity contribution >= 4 is 62.3 Å². The first-order chi connectivity index (χ1) is 47.0. The minimum absolute atomic E-state index is 0.760. The van der Waals surface area contributed by atoms with Crippen LogP contribution >= 0.6 is 15.9 Å². The van der Waals surface area contributed by atoms with Gasteiger partial charge in [-0.05, 0) is 274 Å². The van der Waals surface area contributed by atoms with Gasteiger partial charge in [0.1, 0.15) is 6.33 Å². The number of benzene rings is 7. The zero-order chi connectivity index (χ0) is 67.0. The maximum absolute atomic E-state index is 5.69. The first kappa shape index (κ1) is 62.5. The van der Waals surface area contributed by atoms with E-state index in [1.54, 1.807) is 12.4 Å². The summed E-state index contributed by atoms with van der Waals surface area (Å²) < 4.78 is 0.880. The van der Waals surface area contributed by atoms with E-state index in [4.69, 9.17) is 9.97 Å². The standard InChI is InChI=1S/C89H66BrN7/c1-53-43-57(5)83(58(6)44-53)87-77-35-33-75(94-77)86(76-34-36-78(95-76)88(84-59(7)45-54(2)46-60(84)8)80-38-40-82(97-80)89(81-39-37-79(87)96-81)85-61(9)47-55(3)48-62(85)10)69-28-20-65(21-29-69)22-30-70-49-56(4)50-72(90)71(70)31-24-64-17-15-63(16-18-64)19-26-67-13-11-12-14-68(67)27-23-66-25-32-73(92-51-66)74-41-42-91-52-93-74/h11-18,20-21,25,28-29,32-52,94,97H,1-10H3. The molecule has 2 aliphatic heterocycles. The molecular weight excluding hydrogens is 1250 g/mol. The molecule has 464 valence electrons. The third kappa shape index (κ3) is 13.0. The zero-order valence-corrected chi connectivity index (χ0v) is 57.3. The number of nitrogens with one attached hydrogen (secondary N) is 2. The summed E-state index contributed by atoms with van der Waals surface area (Å²) in [7, 11) is 0. The maximum Gasteiger partial charge on any atom is 0.116 e. The molecule has 0 amide bonds. The van der Waals surface area contributed by atoms with Gasteiger partial charge in [-0.25, -0.2) is 19.9 Å². The molecule has 0 radical (unpaired) electrons. The van der Waals surface area contributed by atoms with Crippen LogP contribution in [-0.4, -0.2) is 34.9 Å². The summed E-state index contributed by atoms with van der Waals surface area (Å²) >= 11 is 3.85. The lowest BCUT2D eigenvalue weighted by Gasteiger charge is -2.14. The summed E-state index contributed by atoms with van der Waals surface area (Å²) in [5, 5.41) is 0. The van der Waals surface area contributed by atoms with Gasteiger partial charge in [0.05, 0.1) is 39.7 Å². The number of H-pyrrole nitrogens is 2. The van der Waals surface area contributed by atoms with E-state index in [9.17, 15) is 0 Å². The Morgan fingerprint density at radius 1 is 0.330 bits per heavy atom. The number of rotatable bonds is 5. The fourth-order valence-electron chi connectivity index (χ4n) is 13.7. The molecule has 2 N–H and O–H groups in total. The molecule has 8 bridgehead atoms. The number of aromatic amines is 2. The van der Waals surface area contributed by atoms with Gasteiger partial charge in [0.15, 0.2) is 0 Å². The van der Waals surface area contributed by atoms with Crippen molar-refractivity contribution in [3.63, 3.8) is 0 Å². The van der Waals surface area contributed by atoms with Crippen LogP contribution in [0.5, 0.6) is 0 Å². The van der Waals surface area contributed by atoms with Crippen molar-refractivity contribution in [2.24, 2.45) is 0 Å². The molecule has 5 aromatic heterocycles. The van der Waals surface area contributed by atoms with E-state index < -0.39 is 0 Å². The molecule has 0 aliphatic carbocycles. The highest BCUT2D eigenvalue weighted by Crippen LogP contribution is 2.43. The second kappa shape index (κ2) is 26.5. The van der Waals surface area contributed by atoms with E-state index >= 15 is 0 Å². The van der Waals surface area contributed by atoms with Crippen molar-refractivity contribution in [3.8, 4) is 103 Å². The second-order valence-electron chi connectivity index (χ2n) is 25.2. The van der Waals surface area contributed by atoms with E-state index in [2.05, 4.69) is 279 Å². The Morgan fingerprint density at radius 3 is 1.14 bits per heavy atom. The third-order valence-corrected chi connectivity index (χ3v) is 18.3. The van der Waals surface area contributed by atoms with Gasteiger partial charge in [0.2, 0.25) is 0 Å². The molecule has 0 atom stereocenters. The summed E-state index contributed by atoms with van der Waals surface area (Å²) in [6.45, 7) is 21.9. The lowest BCUT2D eigenvalue weighted by Crippen LogP contribution is -1.96. The molecule has 7 nitrogen and oxygen atoms in total. The van der Waals surface area contributed by atoms with Crippen molar-refractivity contribution in [1.29, 1.82) is 0 Å². The van der Waals surface area contributed by atoms with Crippen LogP contribution in [0.25, 0.3) is 102 Å². The van der Waals surface area contributed by atoms with Crippen LogP contribution in [-0.2, 0) is 0 Å². The molecule has 14 rings (SSSR count). The van der Waals surface area contributed by atoms with Gasteiger partial charge in [-0.2, -0.15) is 0 Å². The molecular formula is C89H66BrN7. The first-order valence-corrected chi connectivity index (χ1v) is 33.2. The van der Waals surface area contributed by atoms with Gasteiger partial charge in [-0.15, -0.1) is 0 Å². The highest BCUT2D eigenvalue weighted by molar-refractivity contribution is 9.10. The van der Waals surface area contributed by atoms with E-state index in [-0.39, 0.29) is 0 Å². The zero-order valence-electron chi connectivity index (χ0n) is 55.7. The Bertz CT molecular complexity index is 5630. The van der Waals surface area contributed by atoms with Gasteiger partial charge in [-0.3, -0.25) is 4.98 Å². The highest BCUT2D eigenvalue weighted by atomic mass is 79.9. The number of aromatic nitrogens is 7. The summed E-state index contributed by atoms with van der Waals surface area (Å²) in [5.74, 6) is 27.1. The third-order valence-electron chi connectivity index (χ3n) is 17.7. The van der Waals surface area contributed by atoms with Gasteiger partial charge in [0, 0.05) is 100 Å². The number of nitrogens with zero attached hydrogens (tertiary/aromatic N) is 5. The Morgan fingerprint density at radius 2 is 0.711 bits per heavy atom. The number of aryl methyl sites for hydroxylation is 10. The van der Waals surface area contributed by atoms with Crippen LogP contribution < -0.4 is 0 Å². The van der Waals surface area contributed by atoms with Crippen molar-refractivity contribution < 1.29 is 0 Å². The molecule has 0 saturated heterocycles. The first-order valence-electron chi connectivity index (χ1n) is 32.4. The molecule has 0 saturated carbocycles. The van der Waals surface area contributed by atoms with E-state index in [0.29, 0.717) is 0 Å². The molecule has 0 fully saturated rings. The number of fused-ring (bicyclic) bond motifs is 8. The van der Waals surface area contributed by atoms with Crippen LogP contribution in [0.2, 0.25) is 0 Å². The Labute approximate surface area is 575 Å². The van der Waals surface area contributed by atoms with Crippen LogP contribution in [0.4, 0.5) is 0 Å². The van der Waals surface area contributed by atoms with Gasteiger partial charge >= 0.3 is 0 Å². The summed E-state index contributed by atoms with van der Waals surface area (Å²) in [4.78, 5) is 32.2. The van der Waals surface area contributed by atoms with Crippen molar-refractivity contribution in [3.05, 3.63) is 310 Å². The molecule has 12 aromatic rings. The van der Waals surface area contributed by atoms with Crippen molar-refractivity contribution in [1.82, 2.24) is 34.9 Å². The van der Waals surface area contributed by atoms with Crippen molar-refractivity contribution in [2.45, 2.75) is 69.2 Å². The highest BCUT2D eigenvalue weighted by Gasteiger charge is 2.23. The normalized spacial score (nSPS) is 11.2. The largest absolute Gasteiger partial charge is 0.354 e. The Hall–Kier alpha value is -11.9. The molecule has 7 heterocycles. The van der Waals surface area contributed by atoms with E-state index in [1.165, 1.54) is 62.0 Å². The molecule has 7 aromatic carbocycles. The average molecular weight is 1310 g/mol. The number of pyridine rings is 1. The number of halogens is 1. The van der Waals surface area contributed by atoms with Crippen LogP contribution in [0.15, 0.2) is 187 Å². The predicted molar refractivity (Wildman–Crippen MR) is 404 cm³/mol. The van der Waals surface area contributed by atoms with Crippen LogP contribution in [0.3, 0.4) is 0 Å².